The number of hydrogen-bond donors (Lipinski definition) is 3. The first-order valence-corrected chi connectivity index (χ1v) is 15.8. The highest BCUT2D eigenvalue weighted by Crippen LogP contribution is 2.71. The summed E-state index contributed by atoms with van der Waals surface area (Å²) < 4.78 is -1.21. The monoisotopic (exact) mass is 585 g/mol. The van der Waals surface area contributed by atoms with Crippen LogP contribution in [-0.2, 0) is 20.9 Å². The van der Waals surface area contributed by atoms with Crippen molar-refractivity contribution in [2.45, 2.75) is 68.2 Å². The lowest BCUT2D eigenvalue weighted by Crippen LogP contribution is -2.56. The van der Waals surface area contributed by atoms with Gasteiger partial charge in [-0.3, -0.25) is 14.4 Å². The van der Waals surface area contributed by atoms with Crippen LogP contribution in [0.15, 0.2) is 72.8 Å². The van der Waals surface area contributed by atoms with Crippen molar-refractivity contribution < 1.29 is 19.5 Å². The van der Waals surface area contributed by atoms with E-state index in [9.17, 15) is 19.5 Å². The molecule has 3 aromatic carbocycles. The summed E-state index contributed by atoms with van der Waals surface area (Å²) in [5.41, 5.74) is 1.65. The SMILES string of the molecule is CC[C@H](C)[C@H](CO)N1C(=O)[C@@H]2[C@@H](C(=O)NCc3ccccc3)[C@@]3(C)CCC2(S3)C1C(=O)Nc1ccc2ccccc2c1. The zero-order valence-electron chi connectivity index (χ0n) is 24.4. The molecule has 0 saturated carbocycles. The van der Waals surface area contributed by atoms with Crippen molar-refractivity contribution >= 4 is 45.9 Å². The Kier molecular flexibility index (Phi) is 7.56. The number of aliphatic hydroxyl groups excluding tert-OH is 1. The molecule has 220 valence electrons. The smallest absolute Gasteiger partial charge is 0.248 e. The van der Waals surface area contributed by atoms with E-state index >= 15 is 0 Å². The highest BCUT2D eigenvalue weighted by atomic mass is 32.2. The maximum atomic E-state index is 14.5. The minimum absolute atomic E-state index is 0.0201. The number of rotatable bonds is 9. The molecule has 6 rings (SSSR count). The molecule has 3 aromatic rings. The van der Waals surface area contributed by atoms with Gasteiger partial charge in [0.1, 0.15) is 6.04 Å². The van der Waals surface area contributed by atoms with E-state index in [1.165, 1.54) is 0 Å². The van der Waals surface area contributed by atoms with Crippen LogP contribution >= 0.6 is 11.8 Å². The zero-order chi connectivity index (χ0) is 29.6. The number of nitrogens with one attached hydrogen (secondary N) is 2. The third-order valence-electron chi connectivity index (χ3n) is 9.92. The Balaban J connectivity index is 1.36. The number of fused-ring (bicyclic) bond motifs is 2. The average molecular weight is 586 g/mol. The van der Waals surface area contributed by atoms with Crippen LogP contribution in [0.2, 0.25) is 0 Å². The quantitative estimate of drug-likeness (QED) is 0.329. The number of thioether (sulfide) groups is 1. The lowest BCUT2D eigenvalue weighted by Gasteiger charge is -2.39. The maximum absolute atomic E-state index is 14.5. The van der Waals surface area contributed by atoms with Crippen LogP contribution in [-0.4, -0.2) is 55.9 Å². The summed E-state index contributed by atoms with van der Waals surface area (Å²) in [6.45, 7) is 6.25. The largest absolute Gasteiger partial charge is 0.394 e. The van der Waals surface area contributed by atoms with Crippen LogP contribution in [0.1, 0.15) is 45.6 Å². The number of aliphatic hydroxyl groups is 1. The van der Waals surface area contributed by atoms with E-state index < -0.39 is 33.4 Å². The number of nitrogens with zero attached hydrogens (tertiary/aromatic N) is 1. The number of likely N-dealkylation sites (tertiary alicyclic amines) is 1. The molecule has 0 aliphatic carbocycles. The van der Waals surface area contributed by atoms with Crippen LogP contribution in [0.5, 0.6) is 0 Å². The van der Waals surface area contributed by atoms with Crippen LogP contribution in [0.3, 0.4) is 0 Å². The van der Waals surface area contributed by atoms with Crippen molar-refractivity contribution in [3.63, 3.8) is 0 Å². The van der Waals surface area contributed by atoms with Crippen LogP contribution in [0.4, 0.5) is 5.69 Å². The van der Waals surface area contributed by atoms with Gasteiger partial charge in [-0.2, -0.15) is 0 Å². The third kappa shape index (κ3) is 4.60. The van der Waals surface area contributed by atoms with Gasteiger partial charge in [0.25, 0.3) is 0 Å². The second-order valence-electron chi connectivity index (χ2n) is 12.4. The predicted molar refractivity (Wildman–Crippen MR) is 167 cm³/mol. The first kappa shape index (κ1) is 28.7. The molecule has 3 heterocycles. The molecule has 3 amide bonds. The van der Waals surface area contributed by atoms with E-state index in [0.29, 0.717) is 18.7 Å². The topological polar surface area (TPSA) is 98.7 Å². The molecule has 3 N–H and O–H groups in total. The van der Waals surface area contributed by atoms with Crippen molar-refractivity contribution in [1.82, 2.24) is 10.2 Å². The number of carbonyl (C=O) groups excluding carboxylic acids is 3. The molecule has 3 aliphatic rings. The Morgan fingerprint density at radius 3 is 2.45 bits per heavy atom. The molecule has 1 spiro atoms. The van der Waals surface area contributed by atoms with E-state index in [0.717, 1.165) is 29.2 Å². The van der Waals surface area contributed by atoms with E-state index in [1.807, 2.05) is 86.6 Å². The van der Waals surface area contributed by atoms with Gasteiger partial charge >= 0.3 is 0 Å². The van der Waals surface area contributed by atoms with Gasteiger partial charge in [0, 0.05) is 17.0 Å². The fourth-order valence-electron chi connectivity index (χ4n) is 7.61. The molecule has 8 heteroatoms. The zero-order valence-corrected chi connectivity index (χ0v) is 25.2. The average Bonchev–Trinajstić information content (AvgIpc) is 3.57. The maximum Gasteiger partial charge on any atom is 0.248 e. The highest BCUT2D eigenvalue weighted by molar-refractivity contribution is 8.02. The first-order valence-electron chi connectivity index (χ1n) is 15.0. The van der Waals surface area contributed by atoms with Crippen LogP contribution < -0.4 is 10.6 Å². The van der Waals surface area contributed by atoms with Gasteiger partial charge in [-0.1, -0.05) is 80.9 Å². The van der Waals surface area contributed by atoms with Crippen molar-refractivity contribution in [2.75, 3.05) is 11.9 Å². The summed E-state index contributed by atoms with van der Waals surface area (Å²) in [6.07, 6.45) is 2.15. The molecule has 2 unspecified atom stereocenters. The summed E-state index contributed by atoms with van der Waals surface area (Å²) in [7, 11) is 0. The second-order valence-corrected chi connectivity index (χ2v) is 14.3. The van der Waals surface area contributed by atoms with Crippen molar-refractivity contribution in [3.05, 3.63) is 78.4 Å². The number of amides is 3. The first-order chi connectivity index (χ1) is 20.2. The van der Waals surface area contributed by atoms with Gasteiger partial charge < -0.3 is 20.6 Å². The fourth-order valence-corrected chi connectivity index (χ4v) is 9.95. The van der Waals surface area contributed by atoms with E-state index in [1.54, 1.807) is 16.7 Å². The Morgan fingerprint density at radius 2 is 1.74 bits per heavy atom. The molecule has 7 atom stereocenters. The van der Waals surface area contributed by atoms with Gasteiger partial charge in [-0.05, 0) is 54.2 Å². The molecule has 0 aromatic heterocycles. The fraction of sp³-hybridized carbons (Fsp3) is 0.441. The molecule has 2 bridgehead atoms. The third-order valence-corrected chi connectivity index (χ3v) is 11.9. The number of carbonyl (C=O) groups is 3. The van der Waals surface area contributed by atoms with Crippen molar-refractivity contribution in [2.24, 2.45) is 17.8 Å². The summed E-state index contributed by atoms with van der Waals surface area (Å²) in [5.74, 6) is -1.82. The minimum Gasteiger partial charge on any atom is -0.394 e. The molecular weight excluding hydrogens is 546 g/mol. The lowest BCUT2D eigenvalue weighted by atomic mass is 9.66. The Labute approximate surface area is 251 Å². The Hall–Kier alpha value is -3.36. The molecular formula is C34H39N3O4S. The Morgan fingerprint density at radius 1 is 1.02 bits per heavy atom. The van der Waals surface area contributed by atoms with Gasteiger partial charge in [0.05, 0.1) is 29.2 Å². The van der Waals surface area contributed by atoms with Gasteiger partial charge in [-0.15, -0.1) is 11.8 Å². The summed E-state index contributed by atoms with van der Waals surface area (Å²) in [6, 6.07) is 22.2. The standard InChI is InChI=1S/C34H39N3O4S/c1-4-21(2)26(20-38)37-29(31(40)36-25-15-14-23-12-8-9-13-24(23)18-25)34-17-16-33(3,42-34)27(28(34)32(37)41)30(39)35-19-22-10-6-5-7-11-22/h5-15,18,21,26-29,38H,4,16-17,19-20H2,1-3H3,(H,35,39)(H,36,40)/t21-,26-,27-,28-,29?,33+,34?/m0/s1. The molecule has 7 nitrogen and oxygen atoms in total. The molecule has 42 heavy (non-hydrogen) atoms. The minimum atomic E-state index is -0.800. The van der Waals surface area contributed by atoms with Crippen molar-refractivity contribution in [1.29, 1.82) is 0 Å². The molecule has 3 aliphatic heterocycles. The lowest BCUT2D eigenvalue weighted by molar-refractivity contribution is -0.143. The number of benzene rings is 3. The van der Waals surface area contributed by atoms with E-state index in [2.05, 4.69) is 17.6 Å². The number of hydrogen-bond acceptors (Lipinski definition) is 5. The summed E-state index contributed by atoms with van der Waals surface area (Å²) >= 11 is 1.65. The molecule has 0 radical (unpaired) electrons. The second kappa shape index (κ2) is 11.0. The summed E-state index contributed by atoms with van der Waals surface area (Å²) in [5, 5.41) is 18.9. The van der Waals surface area contributed by atoms with E-state index in [4.69, 9.17) is 0 Å². The normalized spacial score (nSPS) is 29.4. The summed E-state index contributed by atoms with van der Waals surface area (Å²) in [4.78, 5) is 44.4. The van der Waals surface area contributed by atoms with Crippen LogP contribution in [0, 0.1) is 17.8 Å². The Bertz CT molecular complexity index is 1510. The molecule has 3 fully saturated rings. The van der Waals surface area contributed by atoms with Gasteiger partial charge in [-0.25, -0.2) is 0 Å². The van der Waals surface area contributed by atoms with Crippen molar-refractivity contribution in [3.8, 4) is 0 Å². The highest BCUT2D eigenvalue weighted by Gasteiger charge is 2.77. The number of anilines is 1. The van der Waals surface area contributed by atoms with E-state index in [-0.39, 0.29) is 30.2 Å². The van der Waals surface area contributed by atoms with Gasteiger partial charge in [0.2, 0.25) is 17.7 Å². The predicted octanol–water partition coefficient (Wildman–Crippen LogP) is 4.98. The molecule has 3 saturated heterocycles. The van der Waals surface area contributed by atoms with Gasteiger partial charge in [0.15, 0.2) is 0 Å². The van der Waals surface area contributed by atoms with Crippen LogP contribution in [0.25, 0.3) is 10.8 Å².